The topological polar surface area (TPSA) is 72.7 Å². The molecule has 0 amide bonds. The molecule has 0 bridgehead atoms. The van der Waals surface area contributed by atoms with E-state index in [0.717, 1.165) is 40.2 Å². The molecule has 0 saturated carbocycles. The number of imidazole rings is 1. The quantitative estimate of drug-likeness (QED) is 0.386. The Balaban J connectivity index is 1.54. The highest BCUT2D eigenvalue weighted by molar-refractivity contribution is 7.17. The van der Waals surface area contributed by atoms with E-state index in [1.54, 1.807) is 12.5 Å². The molecule has 0 atom stereocenters. The third kappa shape index (κ3) is 3.38. The number of anilines is 1. The fraction of sp³-hybridized carbons (Fsp3) is 0.222. The van der Waals surface area contributed by atoms with Crippen LogP contribution in [0.25, 0.3) is 10.2 Å². The van der Waals surface area contributed by atoms with Crippen LogP contribution in [0.1, 0.15) is 27.3 Å². The highest BCUT2D eigenvalue weighted by Crippen LogP contribution is 2.28. The predicted molar refractivity (Wildman–Crippen MR) is 105 cm³/mol. The molecule has 0 aliphatic rings. The molecule has 0 aliphatic heterocycles. The van der Waals surface area contributed by atoms with Crippen LogP contribution in [-0.2, 0) is 6.54 Å². The summed E-state index contributed by atoms with van der Waals surface area (Å²) >= 11 is 2.96. The van der Waals surface area contributed by atoms with Gasteiger partial charge >= 0.3 is 0 Å². The highest BCUT2D eigenvalue weighted by atomic mass is 32.1. The number of nitrogens with zero attached hydrogens (tertiary/aromatic N) is 4. The van der Waals surface area contributed by atoms with Gasteiger partial charge in [-0.25, -0.2) is 15.0 Å². The van der Waals surface area contributed by atoms with Gasteiger partial charge in [-0.3, -0.25) is 4.79 Å². The Morgan fingerprint density at radius 2 is 2.12 bits per heavy atom. The summed E-state index contributed by atoms with van der Waals surface area (Å²) in [5.74, 6) is 0.466. The number of fused-ring (bicyclic) bond motifs is 1. The highest BCUT2D eigenvalue weighted by Gasteiger charge is 2.20. The fourth-order valence-corrected chi connectivity index (χ4v) is 4.37. The number of carbonyl (C=O) groups is 1. The minimum atomic E-state index is -0.0335. The van der Waals surface area contributed by atoms with E-state index in [-0.39, 0.29) is 5.78 Å². The fourth-order valence-electron chi connectivity index (χ4n) is 2.69. The molecule has 0 saturated heterocycles. The van der Waals surface area contributed by atoms with Crippen LogP contribution in [0.15, 0.2) is 41.6 Å². The molecule has 1 N–H and O–H groups in total. The van der Waals surface area contributed by atoms with E-state index in [0.29, 0.717) is 11.6 Å². The molecule has 6 nitrogen and oxygen atoms in total. The van der Waals surface area contributed by atoms with Crippen LogP contribution in [0.4, 0.5) is 5.95 Å². The van der Waals surface area contributed by atoms with Gasteiger partial charge in [-0.1, -0.05) is 0 Å². The summed E-state index contributed by atoms with van der Waals surface area (Å²) in [5.41, 5.74) is 2.27. The number of carbonyl (C=O) groups excluding carboxylic acids is 1. The largest absolute Gasteiger partial charge is 0.354 e. The van der Waals surface area contributed by atoms with Gasteiger partial charge in [-0.2, -0.15) is 0 Å². The van der Waals surface area contributed by atoms with E-state index >= 15 is 0 Å². The molecule has 0 fully saturated rings. The molecule has 26 heavy (non-hydrogen) atoms. The minimum absolute atomic E-state index is 0.0335. The Morgan fingerprint density at radius 3 is 2.88 bits per heavy atom. The van der Waals surface area contributed by atoms with Crippen LogP contribution >= 0.6 is 22.7 Å². The van der Waals surface area contributed by atoms with Crippen LogP contribution in [-0.4, -0.2) is 31.8 Å². The standard InChI is InChI=1S/C18H17N5OS2/c1-12-3-9-25-16(12)15(24)14-17-13(4-10-26-17)21-18(22-14)20-5-2-7-23-8-6-19-11-23/h3-4,6,8-11H,2,5,7H2,1H3,(H,20,21,22). The lowest BCUT2D eigenvalue weighted by molar-refractivity contribution is 0.103. The molecular weight excluding hydrogens is 366 g/mol. The number of rotatable bonds is 7. The predicted octanol–water partition coefficient (Wildman–Crippen LogP) is 3.99. The molecule has 0 aromatic carbocycles. The second-order valence-electron chi connectivity index (χ2n) is 5.87. The first-order chi connectivity index (χ1) is 12.7. The van der Waals surface area contributed by atoms with E-state index in [2.05, 4.69) is 20.3 Å². The van der Waals surface area contributed by atoms with Crippen molar-refractivity contribution in [2.75, 3.05) is 11.9 Å². The van der Waals surface area contributed by atoms with Gasteiger partial charge < -0.3 is 9.88 Å². The van der Waals surface area contributed by atoms with Gasteiger partial charge in [0.05, 0.1) is 21.4 Å². The van der Waals surface area contributed by atoms with Gasteiger partial charge in [0, 0.05) is 25.5 Å². The summed E-state index contributed by atoms with van der Waals surface area (Å²) in [6.07, 6.45) is 6.42. The monoisotopic (exact) mass is 383 g/mol. The van der Waals surface area contributed by atoms with Crippen molar-refractivity contribution in [3.63, 3.8) is 0 Å². The summed E-state index contributed by atoms with van der Waals surface area (Å²) in [4.78, 5) is 26.8. The Hall–Kier alpha value is -2.58. The zero-order chi connectivity index (χ0) is 17.9. The van der Waals surface area contributed by atoms with Gasteiger partial charge in [0.1, 0.15) is 5.69 Å². The van der Waals surface area contributed by atoms with Crippen molar-refractivity contribution in [3.8, 4) is 0 Å². The Labute approximate surface area is 158 Å². The molecule has 0 aliphatic carbocycles. The normalized spacial score (nSPS) is 11.1. The third-order valence-electron chi connectivity index (χ3n) is 4.02. The van der Waals surface area contributed by atoms with Crippen LogP contribution in [0, 0.1) is 6.92 Å². The molecule has 0 unspecified atom stereocenters. The zero-order valence-electron chi connectivity index (χ0n) is 14.2. The smallest absolute Gasteiger partial charge is 0.224 e. The molecule has 4 heterocycles. The molecule has 4 aromatic rings. The Bertz CT molecular complexity index is 1040. The van der Waals surface area contributed by atoms with Crippen LogP contribution in [0.5, 0.6) is 0 Å². The molecule has 132 valence electrons. The Morgan fingerprint density at radius 1 is 1.23 bits per heavy atom. The minimum Gasteiger partial charge on any atom is -0.354 e. The zero-order valence-corrected chi connectivity index (χ0v) is 15.8. The number of aromatic nitrogens is 4. The van der Waals surface area contributed by atoms with E-state index in [4.69, 9.17) is 0 Å². The summed E-state index contributed by atoms with van der Waals surface area (Å²) in [7, 11) is 0. The van der Waals surface area contributed by atoms with Crippen molar-refractivity contribution in [3.05, 3.63) is 57.7 Å². The van der Waals surface area contributed by atoms with Crippen molar-refractivity contribution < 1.29 is 4.79 Å². The average molecular weight is 384 g/mol. The first-order valence-electron chi connectivity index (χ1n) is 8.26. The second-order valence-corrected chi connectivity index (χ2v) is 7.71. The number of hydrogen-bond donors (Lipinski definition) is 1. The van der Waals surface area contributed by atoms with Crippen molar-refractivity contribution >= 4 is 44.6 Å². The summed E-state index contributed by atoms with van der Waals surface area (Å²) in [5, 5.41) is 7.12. The SMILES string of the molecule is Cc1ccsc1C(=O)c1nc(NCCCn2ccnc2)nc2ccsc12. The van der Waals surface area contributed by atoms with E-state index in [1.807, 2.05) is 40.6 Å². The molecule has 0 spiro atoms. The maximum atomic E-state index is 13.0. The molecule has 0 radical (unpaired) electrons. The van der Waals surface area contributed by atoms with Gasteiger partial charge in [0.2, 0.25) is 11.7 Å². The number of hydrogen-bond acceptors (Lipinski definition) is 7. The average Bonchev–Trinajstić information content (AvgIpc) is 3.39. The molecule has 4 rings (SSSR count). The number of nitrogens with one attached hydrogen (secondary N) is 1. The molecular formula is C18H17N5OS2. The first kappa shape index (κ1) is 16.9. The Kier molecular flexibility index (Phi) is 4.77. The van der Waals surface area contributed by atoms with E-state index in [1.165, 1.54) is 22.7 Å². The summed E-state index contributed by atoms with van der Waals surface area (Å²) in [6.45, 7) is 3.54. The lowest BCUT2D eigenvalue weighted by Gasteiger charge is -2.08. The molecule has 4 aromatic heterocycles. The van der Waals surface area contributed by atoms with Gasteiger partial charge in [0.25, 0.3) is 0 Å². The van der Waals surface area contributed by atoms with E-state index in [9.17, 15) is 4.79 Å². The molecule has 8 heteroatoms. The third-order valence-corrected chi connectivity index (χ3v) is 5.95. The van der Waals surface area contributed by atoms with Crippen molar-refractivity contribution in [2.45, 2.75) is 19.9 Å². The maximum absolute atomic E-state index is 13.0. The van der Waals surface area contributed by atoms with Gasteiger partial charge in [-0.05, 0) is 41.8 Å². The van der Waals surface area contributed by atoms with Gasteiger partial charge in [-0.15, -0.1) is 22.7 Å². The number of ketones is 1. The lowest BCUT2D eigenvalue weighted by atomic mass is 10.1. The number of thiophene rings is 2. The van der Waals surface area contributed by atoms with Crippen LogP contribution in [0.3, 0.4) is 0 Å². The maximum Gasteiger partial charge on any atom is 0.224 e. The van der Waals surface area contributed by atoms with Crippen LogP contribution in [0.2, 0.25) is 0 Å². The lowest BCUT2D eigenvalue weighted by Crippen LogP contribution is -2.11. The van der Waals surface area contributed by atoms with Crippen LogP contribution < -0.4 is 5.32 Å². The van der Waals surface area contributed by atoms with Gasteiger partial charge in [0.15, 0.2) is 0 Å². The van der Waals surface area contributed by atoms with Crippen molar-refractivity contribution in [2.24, 2.45) is 0 Å². The first-order valence-corrected chi connectivity index (χ1v) is 10.0. The summed E-state index contributed by atoms with van der Waals surface area (Å²) < 4.78 is 2.87. The summed E-state index contributed by atoms with van der Waals surface area (Å²) in [6, 6.07) is 3.89. The number of aryl methyl sites for hydroxylation is 2. The second kappa shape index (κ2) is 7.35. The van der Waals surface area contributed by atoms with Crippen molar-refractivity contribution in [1.29, 1.82) is 0 Å². The van der Waals surface area contributed by atoms with Crippen molar-refractivity contribution in [1.82, 2.24) is 19.5 Å². The van der Waals surface area contributed by atoms with E-state index < -0.39 is 0 Å².